The Morgan fingerprint density at radius 3 is 2.93 bits per heavy atom. The van der Waals surface area contributed by atoms with Crippen molar-refractivity contribution in [1.82, 2.24) is 20.2 Å². The molecule has 3 heterocycles. The number of hydrogen-bond donors (Lipinski definition) is 3. The Hall–Kier alpha value is -3.13. The van der Waals surface area contributed by atoms with E-state index in [2.05, 4.69) is 25.5 Å². The molecule has 0 unspecified atom stereocenters. The van der Waals surface area contributed by atoms with Crippen LogP contribution in [0, 0.1) is 0 Å². The molecule has 0 bridgehead atoms. The highest BCUT2D eigenvalue weighted by molar-refractivity contribution is 5.88. The van der Waals surface area contributed by atoms with Gasteiger partial charge in [-0.3, -0.25) is 9.59 Å². The van der Waals surface area contributed by atoms with E-state index in [-0.39, 0.29) is 17.5 Å². The summed E-state index contributed by atoms with van der Waals surface area (Å²) in [7, 11) is 3.67. The smallest absolute Gasteiger partial charge is 0.271 e. The van der Waals surface area contributed by atoms with Gasteiger partial charge in [0.15, 0.2) is 0 Å². The van der Waals surface area contributed by atoms with E-state index in [9.17, 15) is 9.59 Å². The van der Waals surface area contributed by atoms with Gasteiger partial charge in [0.1, 0.15) is 11.5 Å². The van der Waals surface area contributed by atoms with Gasteiger partial charge in [-0.05, 0) is 44.2 Å². The predicted molar refractivity (Wildman–Crippen MR) is 121 cm³/mol. The van der Waals surface area contributed by atoms with Crippen LogP contribution in [0.1, 0.15) is 13.3 Å². The summed E-state index contributed by atoms with van der Waals surface area (Å²) in [6.07, 6.45) is 7.75. The Labute approximate surface area is 177 Å². The number of rotatable bonds is 8. The second-order valence-electron chi connectivity index (χ2n) is 7.26. The summed E-state index contributed by atoms with van der Waals surface area (Å²) in [5, 5.41) is 6.03. The van der Waals surface area contributed by atoms with E-state index in [1.165, 1.54) is 0 Å². The predicted octanol–water partition coefficient (Wildman–Crippen LogP) is 1.68. The van der Waals surface area contributed by atoms with E-state index < -0.39 is 0 Å². The number of hydrogen-bond acceptors (Lipinski definition) is 6. The maximum atomic E-state index is 12.7. The van der Waals surface area contributed by atoms with E-state index in [1.54, 1.807) is 18.5 Å². The summed E-state index contributed by atoms with van der Waals surface area (Å²) in [5.41, 5.74) is 2.40. The van der Waals surface area contributed by atoms with E-state index in [4.69, 9.17) is 0 Å². The van der Waals surface area contributed by atoms with E-state index >= 15 is 0 Å². The first-order valence-electron chi connectivity index (χ1n) is 10.3. The molecule has 160 valence electrons. The zero-order valence-corrected chi connectivity index (χ0v) is 17.8. The van der Waals surface area contributed by atoms with Crippen molar-refractivity contribution in [3.8, 4) is 11.1 Å². The molecule has 1 aliphatic heterocycles. The lowest BCUT2D eigenvalue weighted by Crippen LogP contribution is -2.41. The topological polar surface area (TPSA) is 93.4 Å². The number of anilines is 2. The lowest BCUT2D eigenvalue weighted by Gasteiger charge is -2.29. The van der Waals surface area contributed by atoms with Gasteiger partial charge in [0, 0.05) is 63.3 Å². The van der Waals surface area contributed by atoms with Gasteiger partial charge in [-0.2, -0.15) is 0 Å². The normalized spacial score (nSPS) is 16.2. The molecule has 0 saturated carbocycles. The van der Waals surface area contributed by atoms with Crippen LogP contribution in [0.4, 0.5) is 11.5 Å². The fourth-order valence-corrected chi connectivity index (χ4v) is 3.80. The van der Waals surface area contributed by atoms with Crippen molar-refractivity contribution in [2.45, 2.75) is 19.4 Å². The molecule has 0 radical (unpaired) electrons. The van der Waals surface area contributed by atoms with Crippen molar-refractivity contribution < 1.29 is 4.79 Å². The highest BCUT2D eigenvalue weighted by atomic mass is 16.2. The number of pyridine rings is 2. The van der Waals surface area contributed by atoms with Crippen molar-refractivity contribution in [2.24, 2.45) is 0 Å². The number of likely N-dealkylation sites (tertiary alicyclic amines) is 1. The monoisotopic (exact) mass is 410 g/mol. The Balaban J connectivity index is 1.81. The van der Waals surface area contributed by atoms with Crippen LogP contribution in [0.15, 0.2) is 47.5 Å². The molecular formula is C22H30N6O2. The summed E-state index contributed by atoms with van der Waals surface area (Å²) < 4.78 is 0. The zero-order chi connectivity index (χ0) is 21.5. The number of likely N-dealkylation sites (N-methyl/N-ethyl adjacent to an activating group) is 2. The molecule has 1 atom stereocenters. The van der Waals surface area contributed by atoms with Crippen LogP contribution in [0.2, 0.25) is 0 Å². The summed E-state index contributed by atoms with van der Waals surface area (Å²) in [6.45, 7) is 4.69. The largest absolute Gasteiger partial charge is 0.373 e. The molecular weight excluding hydrogens is 380 g/mol. The second kappa shape index (κ2) is 10.1. The first kappa shape index (κ1) is 21.6. The molecule has 30 heavy (non-hydrogen) atoms. The first-order valence-corrected chi connectivity index (χ1v) is 10.3. The zero-order valence-electron chi connectivity index (χ0n) is 17.8. The van der Waals surface area contributed by atoms with Crippen molar-refractivity contribution in [1.29, 1.82) is 0 Å². The number of carbonyl (C=O) groups is 1. The molecule has 8 nitrogen and oxygen atoms in total. The molecule has 2 aromatic heterocycles. The van der Waals surface area contributed by atoms with Crippen molar-refractivity contribution in [3.63, 3.8) is 0 Å². The van der Waals surface area contributed by atoms with Crippen molar-refractivity contribution >= 4 is 17.4 Å². The molecule has 0 aliphatic carbocycles. The number of amides is 1. The Bertz CT molecular complexity index is 955. The first-order chi connectivity index (χ1) is 14.6. The number of aromatic amines is 1. The Kier molecular flexibility index (Phi) is 7.24. The van der Waals surface area contributed by atoms with Crippen molar-refractivity contribution in [3.05, 3.63) is 53.1 Å². The van der Waals surface area contributed by atoms with Gasteiger partial charge < -0.3 is 25.4 Å². The van der Waals surface area contributed by atoms with Crippen LogP contribution in [0.25, 0.3) is 11.1 Å². The number of nitrogens with zero attached hydrogens (tertiary/aromatic N) is 3. The Morgan fingerprint density at radius 1 is 1.37 bits per heavy atom. The molecule has 1 fully saturated rings. The standard InChI is InChI=1S/C22H30N6O2/c1-4-28(18-8-11-27(15-18)21(29)6-5-9-23-2)19-12-17(14-26-22(19)30)16-7-10-25-20(13-16)24-3/h5-7,10,12-14,18,23H,4,8-9,11,15H2,1-3H3,(H,24,25)(H,26,30)/b6-5+/t18-/m1/s1. The number of H-pyrrole nitrogens is 1. The van der Waals surface area contributed by atoms with Gasteiger partial charge in [0.25, 0.3) is 5.56 Å². The highest BCUT2D eigenvalue weighted by Gasteiger charge is 2.30. The molecule has 1 aliphatic rings. The summed E-state index contributed by atoms with van der Waals surface area (Å²) >= 11 is 0. The fraction of sp³-hybridized carbons (Fsp3) is 0.409. The summed E-state index contributed by atoms with van der Waals surface area (Å²) in [4.78, 5) is 36.1. The maximum absolute atomic E-state index is 12.7. The third kappa shape index (κ3) is 4.88. The summed E-state index contributed by atoms with van der Waals surface area (Å²) in [6, 6.07) is 5.90. The highest BCUT2D eigenvalue weighted by Crippen LogP contribution is 2.26. The third-order valence-corrected chi connectivity index (χ3v) is 5.38. The van der Waals surface area contributed by atoms with Crippen LogP contribution in [-0.2, 0) is 4.79 Å². The van der Waals surface area contributed by atoms with E-state index in [0.717, 1.165) is 23.4 Å². The van der Waals surface area contributed by atoms with Gasteiger partial charge in [-0.1, -0.05) is 6.08 Å². The van der Waals surface area contributed by atoms with E-state index in [1.807, 2.05) is 50.2 Å². The van der Waals surface area contributed by atoms with Crippen LogP contribution >= 0.6 is 0 Å². The van der Waals surface area contributed by atoms with Crippen LogP contribution < -0.4 is 21.1 Å². The minimum atomic E-state index is -0.123. The number of aromatic nitrogens is 2. The molecule has 0 aromatic carbocycles. The number of nitrogens with one attached hydrogen (secondary N) is 3. The third-order valence-electron chi connectivity index (χ3n) is 5.38. The fourth-order valence-electron chi connectivity index (χ4n) is 3.80. The lowest BCUT2D eigenvalue weighted by molar-refractivity contribution is -0.125. The number of carbonyl (C=O) groups excluding carboxylic acids is 1. The lowest BCUT2D eigenvalue weighted by atomic mass is 10.1. The molecule has 3 rings (SSSR count). The SMILES string of the molecule is CCN(c1cc(-c2ccnc(NC)c2)c[nH]c1=O)[C@@H]1CCN(C(=O)/C=C/CNC)C1. The minimum absolute atomic E-state index is 0.0165. The average molecular weight is 411 g/mol. The molecule has 0 spiro atoms. The maximum Gasteiger partial charge on any atom is 0.271 e. The second-order valence-corrected chi connectivity index (χ2v) is 7.26. The van der Waals surface area contributed by atoms with Gasteiger partial charge in [0.05, 0.1) is 0 Å². The summed E-state index contributed by atoms with van der Waals surface area (Å²) in [5.74, 6) is 0.784. The van der Waals surface area contributed by atoms with Crippen LogP contribution in [0.3, 0.4) is 0 Å². The Morgan fingerprint density at radius 2 is 2.20 bits per heavy atom. The molecule has 2 aromatic rings. The van der Waals surface area contributed by atoms with Crippen molar-refractivity contribution in [2.75, 3.05) is 50.5 Å². The van der Waals surface area contributed by atoms with Gasteiger partial charge in [0.2, 0.25) is 5.91 Å². The van der Waals surface area contributed by atoms with Crippen LogP contribution in [0.5, 0.6) is 0 Å². The molecule has 8 heteroatoms. The molecule has 3 N–H and O–H groups in total. The minimum Gasteiger partial charge on any atom is -0.373 e. The van der Waals surface area contributed by atoms with Gasteiger partial charge in [-0.15, -0.1) is 0 Å². The van der Waals surface area contributed by atoms with Crippen LogP contribution in [-0.4, -0.2) is 67.1 Å². The van der Waals surface area contributed by atoms with Gasteiger partial charge in [-0.25, -0.2) is 4.98 Å². The molecule has 1 amide bonds. The average Bonchev–Trinajstić information content (AvgIpc) is 3.25. The van der Waals surface area contributed by atoms with Gasteiger partial charge >= 0.3 is 0 Å². The van der Waals surface area contributed by atoms with E-state index in [0.29, 0.717) is 31.9 Å². The quantitative estimate of drug-likeness (QED) is 0.574. The molecule has 1 saturated heterocycles.